The van der Waals surface area contributed by atoms with Crippen LogP contribution in [0.2, 0.25) is 5.02 Å². The van der Waals surface area contributed by atoms with E-state index in [1.54, 1.807) is 42.2 Å². The smallest absolute Gasteiger partial charge is 0.248 e. The number of carbonyl (C=O) groups is 1. The highest BCUT2D eigenvalue weighted by atomic mass is 35.5. The first-order chi connectivity index (χ1) is 9.06. The molecule has 4 N–H and O–H groups in total. The molecule has 4 nitrogen and oxygen atoms in total. The van der Waals surface area contributed by atoms with Gasteiger partial charge in [-0.25, -0.2) is 4.98 Å². The number of nitrogens with two attached hydrogens (primary N) is 2. The number of pyridine rings is 1. The number of hydrogen-bond acceptors (Lipinski definition) is 4. The maximum absolute atomic E-state index is 11.0. The molecule has 0 aliphatic carbocycles. The van der Waals surface area contributed by atoms with E-state index in [2.05, 4.69) is 4.98 Å². The molecule has 98 valence electrons. The Kier molecular flexibility index (Phi) is 4.29. The average Bonchev–Trinajstić information content (AvgIpc) is 2.39. The van der Waals surface area contributed by atoms with Crippen molar-refractivity contribution in [3.63, 3.8) is 0 Å². The average molecular weight is 294 g/mol. The van der Waals surface area contributed by atoms with Gasteiger partial charge in [0.2, 0.25) is 5.91 Å². The van der Waals surface area contributed by atoms with E-state index in [1.807, 2.05) is 6.07 Å². The summed E-state index contributed by atoms with van der Waals surface area (Å²) in [6, 6.07) is 8.71. The van der Waals surface area contributed by atoms with Gasteiger partial charge in [-0.15, -0.1) is 11.8 Å². The van der Waals surface area contributed by atoms with Crippen LogP contribution in [0, 0.1) is 0 Å². The van der Waals surface area contributed by atoms with Crippen molar-refractivity contribution in [3.05, 3.63) is 52.7 Å². The van der Waals surface area contributed by atoms with Gasteiger partial charge < -0.3 is 11.5 Å². The number of benzene rings is 1. The number of halogens is 1. The van der Waals surface area contributed by atoms with E-state index in [4.69, 9.17) is 23.1 Å². The van der Waals surface area contributed by atoms with Crippen molar-refractivity contribution in [2.45, 2.75) is 10.6 Å². The molecular formula is C13H12ClN3OS. The molecular weight excluding hydrogens is 282 g/mol. The molecule has 2 rings (SSSR count). The Hall–Kier alpha value is -1.72. The molecule has 1 aromatic carbocycles. The molecule has 19 heavy (non-hydrogen) atoms. The molecule has 0 aliphatic heterocycles. The number of aromatic nitrogens is 1. The number of carbonyl (C=O) groups excluding carboxylic acids is 1. The largest absolute Gasteiger partial charge is 0.384 e. The van der Waals surface area contributed by atoms with Crippen molar-refractivity contribution in [2.24, 2.45) is 5.73 Å². The molecule has 0 fully saturated rings. The molecule has 1 amide bonds. The normalized spacial score (nSPS) is 10.4. The Bertz CT molecular complexity index is 601. The van der Waals surface area contributed by atoms with E-state index in [0.29, 0.717) is 22.2 Å². The second-order valence-electron chi connectivity index (χ2n) is 3.88. The second kappa shape index (κ2) is 5.95. The first kappa shape index (κ1) is 13.7. The zero-order chi connectivity index (χ0) is 13.8. The summed E-state index contributed by atoms with van der Waals surface area (Å²) in [5.41, 5.74) is 12.1. The molecule has 0 spiro atoms. The summed E-state index contributed by atoms with van der Waals surface area (Å²) in [5.74, 6) is 0.695. The summed E-state index contributed by atoms with van der Waals surface area (Å²) in [7, 11) is 0. The van der Waals surface area contributed by atoms with Gasteiger partial charge in [0.25, 0.3) is 0 Å². The van der Waals surface area contributed by atoms with Gasteiger partial charge >= 0.3 is 0 Å². The van der Waals surface area contributed by atoms with Gasteiger partial charge in [0.15, 0.2) is 0 Å². The molecule has 0 aliphatic rings. The lowest BCUT2D eigenvalue weighted by molar-refractivity contribution is 0.100. The maximum atomic E-state index is 11.0. The van der Waals surface area contributed by atoms with Crippen LogP contribution in [0.5, 0.6) is 0 Å². The number of thioether (sulfide) groups is 1. The highest BCUT2D eigenvalue weighted by Gasteiger charge is 2.06. The van der Waals surface area contributed by atoms with Gasteiger partial charge in [0, 0.05) is 27.4 Å². The number of amides is 1. The lowest BCUT2D eigenvalue weighted by Gasteiger charge is -2.06. The summed E-state index contributed by atoms with van der Waals surface area (Å²) in [6.45, 7) is 0. The van der Waals surface area contributed by atoms with Crippen molar-refractivity contribution in [1.82, 2.24) is 4.98 Å². The Labute approximate surface area is 120 Å². The lowest BCUT2D eigenvalue weighted by Crippen LogP contribution is -2.10. The van der Waals surface area contributed by atoms with Crippen LogP contribution in [-0.2, 0) is 5.75 Å². The predicted octanol–water partition coefficient (Wildman–Crippen LogP) is 2.71. The third-order valence-corrected chi connectivity index (χ3v) is 3.87. The fourth-order valence-corrected chi connectivity index (χ4v) is 2.65. The van der Waals surface area contributed by atoms with Crippen molar-refractivity contribution in [3.8, 4) is 0 Å². The van der Waals surface area contributed by atoms with Crippen LogP contribution in [0.1, 0.15) is 15.9 Å². The molecule has 1 heterocycles. The van der Waals surface area contributed by atoms with E-state index < -0.39 is 5.91 Å². The van der Waals surface area contributed by atoms with E-state index in [0.717, 1.165) is 10.5 Å². The highest BCUT2D eigenvalue weighted by molar-refractivity contribution is 7.98. The van der Waals surface area contributed by atoms with E-state index in [-0.39, 0.29) is 0 Å². The molecule has 6 heteroatoms. The van der Waals surface area contributed by atoms with E-state index in [9.17, 15) is 4.79 Å². The predicted molar refractivity (Wildman–Crippen MR) is 78.2 cm³/mol. The molecule has 1 aromatic heterocycles. The van der Waals surface area contributed by atoms with Crippen LogP contribution in [0.15, 0.2) is 41.4 Å². The summed E-state index contributed by atoms with van der Waals surface area (Å²) in [5, 5.41) is 0.534. The fourth-order valence-electron chi connectivity index (χ4n) is 1.46. The Morgan fingerprint density at radius 1 is 1.32 bits per heavy atom. The minimum atomic E-state index is -0.483. The first-order valence-corrected chi connectivity index (χ1v) is 6.85. The topological polar surface area (TPSA) is 82.0 Å². The monoisotopic (exact) mass is 293 g/mol. The van der Waals surface area contributed by atoms with Crippen LogP contribution < -0.4 is 11.5 Å². The Morgan fingerprint density at radius 2 is 2.11 bits per heavy atom. The number of nitrogen functional groups attached to an aromatic ring is 1. The maximum Gasteiger partial charge on any atom is 0.248 e. The summed E-state index contributed by atoms with van der Waals surface area (Å²) in [6.07, 6.45) is 1.71. The molecule has 2 aromatic rings. The van der Waals surface area contributed by atoms with Crippen molar-refractivity contribution in [2.75, 3.05) is 5.73 Å². The zero-order valence-electron chi connectivity index (χ0n) is 9.97. The minimum Gasteiger partial charge on any atom is -0.384 e. The van der Waals surface area contributed by atoms with Gasteiger partial charge in [-0.3, -0.25) is 4.79 Å². The van der Waals surface area contributed by atoms with Gasteiger partial charge in [0.1, 0.15) is 5.82 Å². The molecule has 0 unspecified atom stereocenters. The third-order valence-electron chi connectivity index (χ3n) is 2.49. The first-order valence-electron chi connectivity index (χ1n) is 5.49. The van der Waals surface area contributed by atoms with Gasteiger partial charge in [0.05, 0.1) is 0 Å². The number of rotatable bonds is 4. The van der Waals surface area contributed by atoms with Crippen LogP contribution in [0.3, 0.4) is 0 Å². The lowest BCUT2D eigenvalue weighted by atomic mass is 10.1. The summed E-state index contributed by atoms with van der Waals surface area (Å²) >= 11 is 7.70. The molecule has 0 saturated heterocycles. The number of nitrogens with zero attached hydrogens (tertiary/aromatic N) is 1. The van der Waals surface area contributed by atoms with Gasteiger partial charge in [-0.05, 0) is 29.8 Å². The van der Waals surface area contributed by atoms with Crippen LogP contribution in [-0.4, -0.2) is 10.9 Å². The highest BCUT2D eigenvalue weighted by Crippen LogP contribution is 2.27. The molecule has 0 atom stereocenters. The van der Waals surface area contributed by atoms with Crippen LogP contribution in [0.25, 0.3) is 0 Å². The third kappa shape index (κ3) is 3.62. The molecule has 0 radical (unpaired) electrons. The molecule has 0 saturated carbocycles. The van der Waals surface area contributed by atoms with Crippen molar-refractivity contribution in [1.29, 1.82) is 0 Å². The summed E-state index contributed by atoms with van der Waals surface area (Å²) < 4.78 is 0. The van der Waals surface area contributed by atoms with Crippen LogP contribution >= 0.6 is 23.4 Å². The molecule has 0 bridgehead atoms. The van der Waals surface area contributed by atoms with Gasteiger partial charge in [-0.2, -0.15) is 0 Å². The minimum absolute atomic E-state index is 0.410. The van der Waals surface area contributed by atoms with E-state index >= 15 is 0 Å². The quantitative estimate of drug-likeness (QED) is 0.849. The van der Waals surface area contributed by atoms with Gasteiger partial charge in [-0.1, -0.05) is 17.7 Å². The number of primary amides is 1. The van der Waals surface area contributed by atoms with E-state index in [1.165, 1.54) is 0 Å². The second-order valence-corrected chi connectivity index (χ2v) is 5.33. The fraction of sp³-hybridized carbons (Fsp3) is 0.0769. The Morgan fingerprint density at radius 3 is 2.68 bits per heavy atom. The standard InChI is InChI=1S/C13H12ClN3OS/c14-11-5-8(13(16)18)1-2-9(11)7-19-10-3-4-12(15)17-6-10/h1-6H,7H2,(H2,15,17)(H2,16,18). The van der Waals surface area contributed by atoms with Crippen molar-refractivity contribution < 1.29 is 4.79 Å². The SMILES string of the molecule is NC(=O)c1ccc(CSc2ccc(N)nc2)c(Cl)c1. The van der Waals surface area contributed by atoms with Crippen LogP contribution in [0.4, 0.5) is 5.82 Å². The summed E-state index contributed by atoms with van der Waals surface area (Å²) in [4.78, 5) is 16.0. The van der Waals surface area contributed by atoms with Crippen molar-refractivity contribution >= 4 is 35.1 Å². The zero-order valence-corrected chi connectivity index (χ0v) is 11.5. The number of hydrogen-bond donors (Lipinski definition) is 2. The Balaban J connectivity index is 2.07. The number of anilines is 1.